The molecule has 0 aliphatic carbocycles. The molecule has 4 rings (SSSR count). The van der Waals surface area contributed by atoms with Crippen LogP contribution in [-0.4, -0.2) is 66.4 Å². The van der Waals surface area contributed by atoms with Crippen molar-refractivity contribution in [1.82, 2.24) is 24.5 Å². The van der Waals surface area contributed by atoms with Gasteiger partial charge in [-0.15, -0.1) is 5.10 Å². The van der Waals surface area contributed by atoms with Gasteiger partial charge < -0.3 is 14.2 Å². The Morgan fingerprint density at radius 1 is 1.19 bits per heavy atom. The Morgan fingerprint density at radius 3 is 2.75 bits per heavy atom. The van der Waals surface area contributed by atoms with Crippen LogP contribution in [-0.2, 0) is 21.3 Å². The van der Waals surface area contributed by atoms with Gasteiger partial charge in [0.25, 0.3) is 0 Å². The van der Waals surface area contributed by atoms with E-state index in [0.29, 0.717) is 23.8 Å². The molecular formula is C21H25N5O5S. The van der Waals surface area contributed by atoms with Crippen LogP contribution in [0.4, 0.5) is 0 Å². The van der Waals surface area contributed by atoms with Crippen molar-refractivity contribution in [1.29, 1.82) is 0 Å². The van der Waals surface area contributed by atoms with Gasteiger partial charge in [0, 0.05) is 25.8 Å². The standard InChI is InChI=1S/C21H25N5O5S/c1-29-17-6-3-5-16(11-17)13-25(14-18-7-4-10-31-18)32(27,28)19-8-9-20(21(12-19)30-2)26-15-22-23-24-26/h3,5-6,8-9,11-12,15,18H,4,7,10,13-14H2,1-2H3/t18-/m1/s1. The van der Waals surface area contributed by atoms with E-state index in [1.54, 1.807) is 13.2 Å². The third-order valence-electron chi connectivity index (χ3n) is 5.31. The second-order valence-electron chi connectivity index (χ2n) is 7.37. The molecule has 0 unspecified atom stereocenters. The molecule has 1 fully saturated rings. The third kappa shape index (κ3) is 4.74. The second-order valence-corrected chi connectivity index (χ2v) is 9.31. The highest BCUT2D eigenvalue weighted by Gasteiger charge is 2.30. The zero-order chi connectivity index (χ0) is 22.6. The average molecular weight is 460 g/mol. The van der Waals surface area contributed by atoms with Gasteiger partial charge in [0.05, 0.1) is 25.2 Å². The van der Waals surface area contributed by atoms with Crippen LogP contribution in [0, 0.1) is 0 Å². The average Bonchev–Trinajstić information content (AvgIpc) is 3.53. The van der Waals surface area contributed by atoms with E-state index in [1.165, 1.54) is 34.6 Å². The Hall–Kier alpha value is -3.02. The molecule has 1 aliphatic heterocycles. The van der Waals surface area contributed by atoms with Crippen LogP contribution in [0.3, 0.4) is 0 Å². The van der Waals surface area contributed by atoms with E-state index >= 15 is 0 Å². The van der Waals surface area contributed by atoms with Crippen molar-refractivity contribution in [2.75, 3.05) is 27.4 Å². The summed E-state index contributed by atoms with van der Waals surface area (Å²) >= 11 is 0. The number of benzene rings is 2. The first-order chi connectivity index (χ1) is 15.5. The fourth-order valence-corrected chi connectivity index (χ4v) is 5.14. The molecule has 0 bridgehead atoms. The molecule has 0 radical (unpaired) electrons. The number of nitrogens with zero attached hydrogens (tertiary/aromatic N) is 5. The molecule has 0 spiro atoms. The lowest BCUT2D eigenvalue weighted by atomic mass is 10.2. The number of rotatable bonds is 9. The first kappa shape index (κ1) is 22.2. The van der Waals surface area contributed by atoms with E-state index in [4.69, 9.17) is 14.2 Å². The predicted octanol–water partition coefficient (Wildman–Crippen LogP) is 2.05. The van der Waals surface area contributed by atoms with Gasteiger partial charge in [0.15, 0.2) is 0 Å². The number of hydrogen-bond donors (Lipinski definition) is 0. The number of methoxy groups -OCH3 is 2. The van der Waals surface area contributed by atoms with Gasteiger partial charge in [-0.05, 0) is 53.1 Å². The maximum absolute atomic E-state index is 13.7. The summed E-state index contributed by atoms with van der Waals surface area (Å²) in [6.45, 7) is 1.10. The van der Waals surface area contributed by atoms with Crippen LogP contribution in [0.1, 0.15) is 18.4 Å². The Labute approximate surface area is 186 Å². The third-order valence-corrected chi connectivity index (χ3v) is 7.12. The van der Waals surface area contributed by atoms with Gasteiger partial charge in [-0.25, -0.2) is 8.42 Å². The molecule has 0 saturated carbocycles. The van der Waals surface area contributed by atoms with Crippen molar-refractivity contribution in [3.8, 4) is 17.2 Å². The van der Waals surface area contributed by atoms with E-state index in [2.05, 4.69) is 15.5 Å². The zero-order valence-electron chi connectivity index (χ0n) is 17.9. The lowest BCUT2D eigenvalue weighted by Gasteiger charge is -2.25. The normalized spacial score (nSPS) is 16.4. The minimum absolute atomic E-state index is 0.118. The molecule has 3 aromatic rings. The molecule has 10 nitrogen and oxygen atoms in total. The van der Waals surface area contributed by atoms with Crippen molar-refractivity contribution in [2.45, 2.75) is 30.4 Å². The highest BCUT2D eigenvalue weighted by atomic mass is 32.2. The fourth-order valence-electron chi connectivity index (χ4n) is 3.67. The summed E-state index contributed by atoms with van der Waals surface area (Å²) in [4.78, 5) is 0.118. The smallest absolute Gasteiger partial charge is 0.243 e. The van der Waals surface area contributed by atoms with Gasteiger partial charge in [0.2, 0.25) is 10.0 Å². The predicted molar refractivity (Wildman–Crippen MR) is 115 cm³/mol. The first-order valence-corrected chi connectivity index (χ1v) is 11.6. The number of hydrogen-bond acceptors (Lipinski definition) is 8. The van der Waals surface area contributed by atoms with Gasteiger partial charge >= 0.3 is 0 Å². The number of tetrazole rings is 1. The van der Waals surface area contributed by atoms with Gasteiger partial charge in [-0.2, -0.15) is 8.99 Å². The molecule has 170 valence electrons. The topological polar surface area (TPSA) is 109 Å². The van der Waals surface area contributed by atoms with E-state index in [0.717, 1.165) is 18.4 Å². The summed E-state index contributed by atoms with van der Waals surface area (Å²) < 4.78 is 46.7. The van der Waals surface area contributed by atoms with Gasteiger partial charge in [0.1, 0.15) is 23.5 Å². The van der Waals surface area contributed by atoms with E-state index in [1.807, 2.05) is 24.3 Å². The summed E-state index contributed by atoms with van der Waals surface area (Å²) in [7, 11) is -0.799. The molecular weight excluding hydrogens is 434 g/mol. The monoisotopic (exact) mass is 459 g/mol. The van der Waals surface area contributed by atoms with Crippen LogP contribution < -0.4 is 9.47 Å². The zero-order valence-corrected chi connectivity index (χ0v) is 18.7. The molecule has 0 amide bonds. The number of aromatic nitrogens is 4. The molecule has 1 aromatic heterocycles. The Morgan fingerprint density at radius 2 is 2.06 bits per heavy atom. The van der Waals surface area contributed by atoms with Crippen molar-refractivity contribution < 1.29 is 22.6 Å². The second kappa shape index (κ2) is 9.63. The van der Waals surface area contributed by atoms with E-state index in [-0.39, 0.29) is 24.1 Å². The Kier molecular flexibility index (Phi) is 6.68. The molecule has 11 heteroatoms. The molecule has 1 saturated heterocycles. The summed E-state index contributed by atoms with van der Waals surface area (Å²) in [5.74, 6) is 1.02. The Balaban J connectivity index is 1.68. The van der Waals surface area contributed by atoms with Crippen LogP contribution in [0.25, 0.3) is 5.69 Å². The largest absolute Gasteiger partial charge is 0.497 e. The molecule has 2 aromatic carbocycles. The van der Waals surface area contributed by atoms with Gasteiger partial charge in [-0.1, -0.05) is 12.1 Å². The maximum atomic E-state index is 13.7. The van der Waals surface area contributed by atoms with Crippen molar-refractivity contribution in [2.24, 2.45) is 0 Å². The van der Waals surface area contributed by atoms with Crippen LogP contribution in [0.5, 0.6) is 11.5 Å². The number of ether oxygens (including phenoxy) is 3. The summed E-state index contributed by atoms with van der Waals surface area (Å²) in [6.07, 6.45) is 3.02. The molecule has 2 heterocycles. The fraction of sp³-hybridized carbons (Fsp3) is 0.381. The Bertz CT molecular complexity index is 1150. The highest BCUT2D eigenvalue weighted by molar-refractivity contribution is 7.89. The van der Waals surface area contributed by atoms with Crippen molar-refractivity contribution >= 4 is 10.0 Å². The molecule has 1 aliphatic rings. The SMILES string of the molecule is COc1cccc(CN(C[C@H]2CCCO2)S(=O)(=O)c2ccc(-n3cnnn3)c(OC)c2)c1. The van der Waals surface area contributed by atoms with Gasteiger partial charge in [-0.3, -0.25) is 0 Å². The first-order valence-electron chi connectivity index (χ1n) is 10.2. The quantitative estimate of drug-likeness (QED) is 0.478. The van der Waals surface area contributed by atoms with Crippen molar-refractivity contribution in [3.05, 3.63) is 54.4 Å². The molecule has 0 N–H and O–H groups in total. The lowest BCUT2D eigenvalue weighted by molar-refractivity contribution is 0.0926. The molecule has 32 heavy (non-hydrogen) atoms. The minimum Gasteiger partial charge on any atom is -0.497 e. The minimum atomic E-state index is -3.85. The van der Waals surface area contributed by atoms with Crippen molar-refractivity contribution in [3.63, 3.8) is 0 Å². The summed E-state index contributed by atoms with van der Waals surface area (Å²) in [5.41, 5.74) is 1.36. The summed E-state index contributed by atoms with van der Waals surface area (Å²) in [5, 5.41) is 11.1. The van der Waals surface area contributed by atoms with E-state index < -0.39 is 10.0 Å². The summed E-state index contributed by atoms with van der Waals surface area (Å²) in [6, 6.07) is 12.0. The van der Waals surface area contributed by atoms with Crippen LogP contribution >= 0.6 is 0 Å². The lowest BCUT2D eigenvalue weighted by Crippen LogP contribution is -2.37. The number of sulfonamides is 1. The van der Waals surface area contributed by atoms with Crippen LogP contribution in [0.15, 0.2) is 53.7 Å². The molecule has 1 atom stereocenters. The van der Waals surface area contributed by atoms with Crippen LogP contribution in [0.2, 0.25) is 0 Å². The van der Waals surface area contributed by atoms with E-state index in [9.17, 15) is 8.42 Å². The maximum Gasteiger partial charge on any atom is 0.243 e. The highest BCUT2D eigenvalue weighted by Crippen LogP contribution is 2.29.